The third kappa shape index (κ3) is 6.07. The van der Waals surface area contributed by atoms with Gasteiger partial charge in [-0.15, -0.1) is 0 Å². The maximum absolute atomic E-state index is 15.0. The average Bonchev–Trinajstić information content (AvgIpc) is 2.87. The molecule has 0 fully saturated rings. The maximum Gasteiger partial charge on any atom is 0.423 e. The molecule has 0 aliphatic heterocycles. The summed E-state index contributed by atoms with van der Waals surface area (Å²) in [4.78, 5) is 28.3. The van der Waals surface area contributed by atoms with Crippen molar-refractivity contribution in [1.82, 2.24) is 19.7 Å². The van der Waals surface area contributed by atoms with Crippen LogP contribution in [0.5, 0.6) is 5.75 Å². The van der Waals surface area contributed by atoms with Gasteiger partial charge in [0.15, 0.2) is 11.6 Å². The van der Waals surface area contributed by atoms with Gasteiger partial charge in [-0.05, 0) is 49.4 Å². The van der Waals surface area contributed by atoms with Crippen LogP contribution in [0.3, 0.4) is 0 Å². The van der Waals surface area contributed by atoms with Crippen molar-refractivity contribution >= 4 is 16.5 Å². The highest BCUT2D eigenvalue weighted by Crippen LogP contribution is 2.32. The first kappa shape index (κ1) is 28.6. The third-order valence-electron chi connectivity index (χ3n) is 5.96. The normalized spacial score (nSPS) is 12.6. The summed E-state index contributed by atoms with van der Waals surface area (Å²) in [5.41, 5.74) is -4.49. The Labute approximate surface area is 220 Å². The summed E-state index contributed by atoms with van der Waals surface area (Å²) in [5.74, 6) is -3.05. The molecule has 0 unspecified atom stereocenters. The van der Waals surface area contributed by atoms with E-state index in [1.165, 1.54) is 18.3 Å². The van der Waals surface area contributed by atoms with Crippen molar-refractivity contribution in [3.63, 3.8) is 0 Å². The number of alkyl halides is 5. The lowest BCUT2D eigenvalue weighted by molar-refractivity contribution is -0.138. The number of ether oxygens (including phenoxy) is 1. The molecule has 2 N–H and O–H groups in total. The molecular weight excluding hydrogens is 551 g/mol. The van der Waals surface area contributed by atoms with Gasteiger partial charge in [0.25, 0.3) is 11.1 Å². The van der Waals surface area contributed by atoms with Crippen molar-refractivity contribution in [2.24, 2.45) is 0 Å². The molecule has 4 aromatic rings. The second-order valence-electron chi connectivity index (χ2n) is 8.76. The lowest BCUT2D eigenvalue weighted by atomic mass is 10.0. The van der Waals surface area contributed by atoms with Gasteiger partial charge in [0.1, 0.15) is 11.3 Å². The minimum absolute atomic E-state index is 0.0382. The molecule has 1 atom stereocenters. The van der Waals surface area contributed by atoms with Crippen LogP contribution in [0.4, 0.5) is 36.4 Å². The number of benzene rings is 1. The molecule has 0 bridgehead atoms. The van der Waals surface area contributed by atoms with Gasteiger partial charge in [-0.3, -0.25) is 14.6 Å². The van der Waals surface area contributed by atoms with Gasteiger partial charge in [-0.2, -0.15) is 27.1 Å². The first-order chi connectivity index (χ1) is 18.9. The standard InChI is InChI=1S/C25H20F7N5O3/c1-12(35-17-11-34-36-22(38)19(17)25(30,31)32)3-2-7-37-8-6-13-9-15(20(26)21(27)18(13)23(37)39)16-5-4-14(10-33-16)40-24(28)29/h4-6,8-12,24H,2-3,7H2,1H3,(H2,35,36,38)/t12-/m0/s1. The van der Waals surface area contributed by atoms with Crippen molar-refractivity contribution in [2.45, 2.75) is 45.1 Å². The van der Waals surface area contributed by atoms with E-state index in [0.29, 0.717) is 0 Å². The predicted octanol–water partition coefficient (Wildman–Crippen LogP) is 5.33. The minimum atomic E-state index is -4.90. The highest BCUT2D eigenvalue weighted by molar-refractivity contribution is 5.87. The van der Waals surface area contributed by atoms with Crippen molar-refractivity contribution in [1.29, 1.82) is 0 Å². The SMILES string of the molecule is C[C@@H](CCCn1ccc2cc(-c3ccc(OC(F)F)cn3)c(F)c(F)c2c1=O)Nc1cn[nH]c(=O)c1C(F)(F)F. The lowest BCUT2D eigenvalue weighted by Gasteiger charge is -2.18. The number of H-pyrrole nitrogens is 1. The summed E-state index contributed by atoms with van der Waals surface area (Å²) in [6.07, 6.45) is -1.26. The Balaban J connectivity index is 1.50. The Morgan fingerprint density at radius 2 is 1.85 bits per heavy atom. The van der Waals surface area contributed by atoms with E-state index >= 15 is 4.39 Å². The van der Waals surface area contributed by atoms with Crippen LogP contribution < -0.4 is 21.2 Å². The minimum Gasteiger partial charge on any atom is -0.433 e. The fraction of sp³-hybridized carbons (Fsp3) is 0.280. The van der Waals surface area contributed by atoms with Crippen LogP contribution in [0.1, 0.15) is 25.3 Å². The summed E-state index contributed by atoms with van der Waals surface area (Å²) in [5, 5.41) is 7.27. The molecule has 212 valence electrons. The van der Waals surface area contributed by atoms with Crippen molar-refractivity contribution in [3.8, 4) is 17.0 Å². The molecule has 3 heterocycles. The van der Waals surface area contributed by atoms with E-state index in [2.05, 4.69) is 20.1 Å². The Hall–Kier alpha value is -4.43. The molecule has 3 aromatic heterocycles. The maximum atomic E-state index is 15.0. The summed E-state index contributed by atoms with van der Waals surface area (Å²) >= 11 is 0. The highest BCUT2D eigenvalue weighted by atomic mass is 19.4. The van der Waals surface area contributed by atoms with E-state index in [1.54, 1.807) is 12.0 Å². The fourth-order valence-corrected chi connectivity index (χ4v) is 4.15. The number of nitrogens with zero attached hydrogens (tertiary/aromatic N) is 3. The number of anilines is 1. The van der Waals surface area contributed by atoms with E-state index < -0.39 is 58.2 Å². The third-order valence-corrected chi connectivity index (χ3v) is 5.96. The molecule has 8 nitrogen and oxygen atoms in total. The summed E-state index contributed by atoms with van der Waals surface area (Å²) < 4.78 is 99.6. The first-order valence-electron chi connectivity index (χ1n) is 11.7. The number of nitrogens with one attached hydrogen (secondary N) is 2. The van der Waals surface area contributed by atoms with Crippen molar-refractivity contribution in [2.75, 3.05) is 5.32 Å². The molecule has 0 saturated heterocycles. The number of hydrogen-bond acceptors (Lipinski definition) is 6. The predicted molar refractivity (Wildman–Crippen MR) is 130 cm³/mol. The number of rotatable bonds is 9. The van der Waals surface area contributed by atoms with Crippen LogP contribution in [-0.2, 0) is 12.7 Å². The lowest BCUT2D eigenvalue weighted by Crippen LogP contribution is -2.27. The summed E-state index contributed by atoms with van der Waals surface area (Å²) in [7, 11) is 0. The summed E-state index contributed by atoms with van der Waals surface area (Å²) in [6, 6.07) is 4.30. The second kappa shape index (κ2) is 11.4. The number of hydrogen-bond donors (Lipinski definition) is 2. The zero-order valence-corrected chi connectivity index (χ0v) is 20.5. The van der Waals surface area contributed by atoms with Gasteiger partial charge >= 0.3 is 12.8 Å². The van der Waals surface area contributed by atoms with E-state index in [4.69, 9.17) is 0 Å². The Morgan fingerprint density at radius 3 is 2.50 bits per heavy atom. The van der Waals surface area contributed by atoms with Crippen LogP contribution in [0.2, 0.25) is 0 Å². The molecule has 0 spiro atoms. The average molecular weight is 571 g/mol. The first-order valence-corrected chi connectivity index (χ1v) is 11.7. The van der Waals surface area contributed by atoms with Crippen LogP contribution >= 0.6 is 0 Å². The molecule has 15 heteroatoms. The van der Waals surface area contributed by atoms with Crippen LogP contribution in [0.15, 0.2) is 52.4 Å². The van der Waals surface area contributed by atoms with Crippen LogP contribution in [-0.4, -0.2) is 32.4 Å². The van der Waals surface area contributed by atoms with Gasteiger partial charge in [-0.1, -0.05) is 0 Å². The zero-order chi connectivity index (χ0) is 29.2. The molecule has 0 saturated carbocycles. The van der Waals surface area contributed by atoms with Crippen molar-refractivity contribution in [3.05, 3.63) is 80.8 Å². The number of aryl methyl sites for hydroxylation is 1. The molecule has 0 radical (unpaired) electrons. The van der Waals surface area contributed by atoms with Crippen LogP contribution in [0.25, 0.3) is 22.0 Å². The topological polar surface area (TPSA) is 102 Å². The molecule has 4 rings (SSSR count). The zero-order valence-electron chi connectivity index (χ0n) is 20.5. The number of aromatic nitrogens is 4. The van der Waals surface area contributed by atoms with E-state index in [0.717, 1.165) is 29.1 Å². The summed E-state index contributed by atoms with van der Waals surface area (Å²) in [6.45, 7) is -1.48. The Morgan fingerprint density at radius 1 is 1.10 bits per heavy atom. The van der Waals surface area contributed by atoms with Gasteiger partial charge < -0.3 is 14.6 Å². The quantitative estimate of drug-likeness (QED) is 0.264. The van der Waals surface area contributed by atoms with Crippen LogP contribution in [0, 0.1) is 11.6 Å². The number of pyridine rings is 2. The molecule has 0 aliphatic carbocycles. The van der Waals surface area contributed by atoms with Crippen molar-refractivity contribution < 1.29 is 35.5 Å². The smallest absolute Gasteiger partial charge is 0.423 e. The van der Waals surface area contributed by atoms with E-state index in [-0.39, 0.29) is 41.8 Å². The number of halogens is 7. The molecule has 40 heavy (non-hydrogen) atoms. The second-order valence-corrected chi connectivity index (χ2v) is 8.76. The van der Waals surface area contributed by atoms with E-state index in [1.807, 2.05) is 0 Å². The Kier molecular flexibility index (Phi) is 8.11. The molecule has 1 aromatic carbocycles. The van der Waals surface area contributed by atoms with E-state index in [9.17, 15) is 35.9 Å². The van der Waals surface area contributed by atoms with Gasteiger partial charge in [0.05, 0.1) is 29.2 Å². The number of fused-ring (bicyclic) bond motifs is 1. The van der Waals surface area contributed by atoms with Gasteiger partial charge in [0.2, 0.25) is 0 Å². The fourth-order valence-electron chi connectivity index (χ4n) is 4.15. The molecular formula is C25H20F7N5O3. The van der Waals surface area contributed by atoms with Gasteiger partial charge in [0, 0.05) is 24.3 Å². The monoisotopic (exact) mass is 571 g/mol. The highest BCUT2D eigenvalue weighted by Gasteiger charge is 2.37. The number of aromatic amines is 1. The molecule has 0 aliphatic rings. The largest absolute Gasteiger partial charge is 0.433 e. The molecule has 0 amide bonds. The Bertz CT molecular complexity index is 1640. The van der Waals surface area contributed by atoms with Gasteiger partial charge in [-0.25, -0.2) is 13.9 Å².